The van der Waals surface area contributed by atoms with Gasteiger partial charge in [0.2, 0.25) is 0 Å². The van der Waals surface area contributed by atoms with Gasteiger partial charge >= 0.3 is 5.97 Å². The summed E-state index contributed by atoms with van der Waals surface area (Å²) in [6.45, 7) is 0. The lowest BCUT2D eigenvalue weighted by Gasteiger charge is -2.03. The summed E-state index contributed by atoms with van der Waals surface area (Å²) in [6, 6.07) is 5.59. The van der Waals surface area contributed by atoms with Crippen molar-refractivity contribution >= 4 is 23.1 Å². The molecule has 1 N–H and O–H groups in total. The molecule has 0 saturated heterocycles. The highest BCUT2D eigenvalue weighted by Gasteiger charge is 2.13. The Balaban J connectivity index is 3.06. The lowest BCUT2D eigenvalue weighted by molar-refractivity contribution is -0.135. The van der Waals surface area contributed by atoms with Crippen LogP contribution in [0.15, 0.2) is 30.3 Å². The average molecular weight is 233 g/mol. The van der Waals surface area contributed by atoms with Crippen LogP contribution in [0, 0.1) is 0 Å². The molecule has 0 radical (unpaired) electrons. The summed E-state index contributed by atoms with van der Waals surface area (Å²) < 4.78 is 24.9. The molecule has 1 aromatic rings. The van der Waals surface area contributed by atoms with Crippen LogP contribution in [0.4, 0.5) is 8.78 Å². The van der Waals surface area contributed by atoms with Gasteiger partial charge in [0, 0.05) is 10.6 Å². The van der Waals surface area contributed by atoms with Crippen molar-refractivity contribution in [2.45, 2.75) is 6.42 Å². The Morgan fingerprint density at radius 2 is 1.80 bits per heavy atom. The van der Waals surface area contributed by atoms with Gasteiger partial charge in [0.1, 0.15) is 0 Å². The molecule has 0 bridgehead atoms. The van der Waals surface area contributed by atoms with Crippen molar-refractivity contribution in [3.05, 3.63) is 40.9 Å². The molecule has 5 heteroatoms. The van der Waals surface area contributed by atoms with Crippen LogP contribution < -0.4 is 0 Å². The molecule has 0 aromatic heterocycles. The number of carboxylic acid groups (broad SMARTS) is 1. The van der Waals surface area contributed by atoms with Crippen molar-refractivity contribution in [3.8, 4) is 0 Å². The van der Waals surface area contributed by atoms with Crippen LogP contribution in [0.1, 0.15) is 12.0 Å². The van der Waals surface area contributed by atoms with Gasteiger partial charge < -0.3 is 5.11 Å². The number of benzene rings is 1. The predicted molar refractivity (Wildman–Crippen MR) is 52.8 cm³/mol. The van der Waals surface area contributed by atoms with Gasteiger partial charge in [0.25, 0.3) is 6.08 Å². The maximum Gasteiger partial charge on any atom is 0.308 e. The van der Waals surface area contributed by atoms with Crippen LogP contribution in [0.25, 0.3) is 5.57 Å². The van der Waals surface area contributed by atoms with E-state index in [0.717, 1.165) is 0 Å². The molecular formula is C10H7ClF2O2. The predicted octanol–water partition coefficient (Wildman–Crippen LogP) is 3.42. The van der Waals surface area contributed by atoms with E-state index >= 15 is 0 Å². The van der Waals surface area contributed by atoms with Crippen LogP contribution in [0.2, 0.25) is 5.02 Å². The molecule has 0 saturated carbocycles. The van der Waals surface area contributed by atoms with E-state index in [1.54, 1.807) is 0 Å². The summed E-state index contributed by atoms with van der Waals surface area (Å²) in [5.74, 6) is -1.30. The topological polar surface area (TPSA) is 37.3 Å². The standard InChI is InChI=1S/C10H7ClF2O2/c11-7-3-1-6(2-4-7)8(10(12)13)5-9(14)15/h1-4H,5H2,(H,14,15). The Kier molecular flexibility index (Phi) is 3.80. The molecule has 80 valence electrons. The van der Waals surface area contributed by atoms with Gasteiger partial charge in [-0.3, -0.25) is 4.79 Å². The molecule has 0 unspecified atom stereocenters. The van der Waals surface area contributed by atoms with Crippen molar-refractivity contribution in [3.63, 3.8) is 0 Å². The summed E-state index contributed by atoms with van der Waals surface area (Å²) in [5.41, 5.74) is -0.319. The zero-order chi connectivity index (χ0) is 11.4. The second-order valence-electron chi connectivity index (χ2n) is 2.82. The van der Waals surface area contributed by atoms with E-state index in [1.165, 1.54) is 24.3 Å². The molecule has 0 amide bonds. The highest BCUT2D eigenvalue weighted by Crippen LogP contribution is 2.25. The number of aliphatic carboxylic acids is 1. The van der Waals surface area contributed by atoms with E-state index in [-0.39, 0.29) is 5.56 Å². The number of halogens is 3. The van der Waals surface area contributed by atoms with Crippen LogP contribution in [-0.4, -0.2) is 11.1 Å². The van der Waals surface area contributed by atoms with Crippen LogP contribution in [-0.2, 0) is 4.79 Å². The highest BCUT2D eigenvalue weighted by molar-refractivity contribution is 6.30. The summed E-state index contributed by atoms with van der Waals surface area (Å²) >= 11 is 5.58. The van der Waals surface area contributed by atoms with Crippen molar-refractivity contribution in [1.82, 2.24) is 0 Å². The number of carbonyl (C=O) groups is 1. The monoisotopic (exact) mass is 232 g/mol. The van der Waals surface area contributed by atoms with Crippen molar-refractivity contribution < 1.29 is 18.7 Å². The van der Waals surface area contributed by atoms with E-state index < -0.39 is 24.0 Å². The Labute approximate surface area is 89.8 Å². The van der Waals surface area contributed by atoms with E-state index in [9.17, 15) is 13.6 Å². The van der Waals surface area contributed by atoms with Crippen molar-refractivity contribution in [2.75, 3.05) is 0 Å². The molecule has 0 aliphatic carbocycles. The molecule has 0 fully saturated rings. The first-order valence-corrected chi connectivity index (χ1v) is 4.40. The smallest absolute Gasteiger partial charge is 0.308 e. The second kappa shape index (κ2) is 4.89. The number of hydrogen-bond acceptors (Lipinski definition) is 1. The first-order valence-electron chi connectivity index (χ1n) is 4.02. The zero-order valence-corrected chi connectivity index (χ0v) is 8.26. The molecule has 0 spiro atoms. The highest BCUT2D eigenvalue weighted by atomic mass is 35.5. The summed E-state index contributed by atoms with van der Waals surface area (Å²) in [7, 11) is 0. The van der Waals surface area contributed by atoms with Crippen LogP contribution in [0.3, 0.4) is 0 Å². The second-order valence-corrected chi connectivity index (χ2v) is 3.25. The Morgan fingerprint density at radius 3 is 2.20 bits per heavy atom. The zero-order valence-electron chi connectivity index (χ0n) is 7.51. The van der Waals surface area contributed by atoms with Gasteiger partial charge in [0.05, 0.1) is 6.42 Å². The fourth-order valence-corrected chi connectivity index (χ4v) is 1.21. The summed E-state index contributed by atoms with van der Waals surface area (Å²) in [4.78, 5) is 10.4. The third kappa shape index (κ3) is 3.32. The molecule has 0 atom stereocenters. The Bertz CT molecular complexity index is 394. The number of rotatable bonds is 3. The molecule has 0 aliphatic rings. The Morgan fingerprint density at radius 1 is 1.27 bits per heavy atom. The van der Waals surface area contributed by atoms with E-state index in [2.05, 4.69) is 0 Å². The van der Waals surface area contributed by atoms with Gasteiger partial charge in [0.15, 0.2) is 0 Å². The largest absolute Gasteiger partial charge is 0.481 e. The minimum Gasteiger partial charge on any atom is -0.481 e. The molecule has 1 rings (SSSR count). The molecule has 2 nitrogen and oxygen atoms in total. The van der Waals surface area contributed by atoms with Crippen LogP contribution >= 0.6 is 11.6 Å². The first-order chi connectivity index (χ1) is 7.00. The minimum atomic E-state index is -1.99. The lowest BCUT2D eigenvalue weighted by atomic mass is 10.0. The number of carboxylic acids is 1. The van der Waals surface area contributed by atoms with Crippen molar-refractivity contribution in [1.29, 1.82) is 0 Å². The first kappa shape index (κ1) is 11.7. The lowest BCUT2D eigenvalue weighted by Crippen LogP contribution is -1.97. The fraction of sp³-hybridized carbons (Fsp3) is 0.100. The van der Waals surface area contributed by atoms with Crippen molar-refractivity contribution in [2.24, 2.45) is 0 Å². The summed E-state index contributed by atoms with van der Waals surface area (Å²) in [6.07, 6.45) is -2.69. The third-order valence-electron chi connectivity index (χ3n) is 1.75. The van der Waals surface area contributed by atoms with E-state index in [0.29, 0.717) is 5.02 Å². The molecular weight excluding hydrogens is 226 g/mol. The van der Waals surface area contributed by atoms with Gasteiger partial charge in [-0.1, -0.05) is 23.7 Å². The third-order valence-corrected chi connectivity index (χ3v) is 2.00. The van der Waals surface area contributed by atoms with Gasteiger partial charge in [-0.25, -0.2) is 0 Å². The normalized spacial score (nSPS) is 9.80. The SMILES string of the molecule is O=C(O)CC(=C(F)F)c1ccc(Cl)cc1. The quantitative estimate of drug-likeness (QED) is 0.867. The Hall–Kier alpha value is -1.42. The summed E-state index contributed by atoms with van der Waals surface area (Å²) in [5, 5.41) is 8.87. The van der Waals surface area contributed by atoms with Crippen LogP contribution in [0.5, 0.6) is 0 Å². The number of hydrogen-bond donors (Lipinski definition) is 1. The van der Waals surface area contributed by atoms with E-state index in [1.807, 2.05) is 0 Å². The minimum absolute atomic E-state index is 0.168. The molecule has 15 heavy (non-hydrogen) atoms. The fourth-order valence-electron chi connectivity index (χ4n) is 1.08. The maximum absolute atomic E-state index is 12.4. The maximum atomic E-state index is 12.4. The van der Waals surface area contributed by atoms with Gasteiger partial charge in [-0.15, -0.1) is 0 Å². The van der Waals surface area contributed by atoms with Gasteiger partial charge in [-0.05, 0) is 17.7 Å². The average Bonchev–Trinajstić information content (AvgIpc) is 2.15. The molecule has 0 aliphatic heterocycles. The molecule has 1 aromatic carbocycles. The van der Waals surface area contributed by atoms with Gasteiger partial charge in [-0.2, -0.15) is 8.78 Å². The molecule has 0 heterocycles. The van der Waals surface area contributed by atoms with E-state index in [4.69, 9.17) is 16.7 Å².